The first-order valence-electron chi connectivity index (χ1n) is 6.36. The molecule has 0 heterocycles. The molecule has 0 radical (unpaired) electrons. The Kier molecular flexibility index (Phi) is 4.03. The molecule has 4 nitrogen and oxygen atoms in total. The van der Waals surface area contributed by atoms with Crippen LogP contribution < -0.4 is 11.5 Å². The maximum Gasteiger partial charge on any atom is 0.221 e. The fraction of sp³-hybridized carbons (Fsp3) is 0.125. The molecule has 0 aromatic heterocycles. The highest BCUT2D eigenvalue weighted by Gasteiger charge is 2.16. The second-order valence-electron chi connectivity index (χ2n) is 4.86. The van der Waals surface area contributed by atoms with Gasteiger partial charge in [0.05, 0.1) is 6.42 Å². The van der Waals surface area contributed by atoms with E-state index >= 15 is 0 Å². The lowest BCUT2D eigenvalue weighted by Gasteiger charge is -2.11. The van der Waals surface area contributed by atoms with Gasteiger partial charge in [-0.2, -0.15) is 0 Å². The molecular weight excluding hydrogens is 271 g/mol. The van der Waals surface area contributed by atoms with Crippen LogP contribution in [-0.4, -0.2) is 11.7 Å². The van der Waals surface area contributed by atoms with Gasteiger partial charge in [-0.3, -0.25) is 9.59 Å². The number of halogens is 1. The van der Waals surface area contributed by atoms with E-state index in [2.05, 4.69) is 0 Å². The van der Waals surface area contributed by atoms with Gasteiger partial charge in [0.1, 0.15) is 5.82 Å². The van der Waals surface area contributed by atoms with Crippen LogP contribution in [0, 0.1) is 12.7 Å². The van der Waals surface area contributed by atoms with Crippen LogP contribution in [0.2, 0.25) is 0 Å². The molecule has 0 aliphatic carbocycles. The van der Waals surface area contributed by atoms with Crippen LogP contribution in [-0.2, 0) is 11.2 Å². The van der Waals surface area contributed by atoms with E-state index in [1.165, 1.54) is 24.3 Å². The molecule has 108 valence electrons. The van der Waals surface area contributed by atoms with E-state index in [1.54, 1.807) is 19.1 Å². The van der Waals surface area contributed by atoms with Crippen LogP contribution in [0.1, 0.15) is 27.0 Å². The molecular formula is C16H15FN2O2. The standard InChI is InChI=1S/C16H15FN2O2/c1-9-6-11(8-14(18)20)15(19)13(7-9)16(21)10-2-4-12(17)5-3-10/h2-7H,8,19H2,1H3,(H2,18,20). The molecule has 0 unspecified atom stereocenters. The van der Waals surface area contributed by atoms with Gasteiger partial charge in [-0.15, -0.1) is 0 Å². The van der Waals surface area contributed by atoms with E-state index in [9.17, 15) is 14.0 Å². The summed E-state index contributed by atoms with van der Waals surface area (Å²) < 4.78 is 12.9. The van der Waals surface area contributed by atoms with Crippen LogP contribution in [0.4, 0.5) is 10.1 Å². The number of nitrogens with two attached hydrogens (primary N) is 2. The number of nitrogen functional groups attached to an aromatic ring is 1. The quantitative estimate of drug-likeness (QED) is 0.665. The van der Waals surface area contributed by atoms with E-state index in [1.807, 2.05) is 0 Å². The molecule has 2 aromatic rings. The minimum Gasteiger partial charge on any atom is -0.398 e. The molecule has 0 aliphatic rings. The molecule has 2 aromatic carbocycles. The van der Waals surface area contributed by atoms with Crippen molar-refractivity contribution in [1.82, 2.24) is 0 Å². The molecule has 5 heteroatoms. The van der Waals surface area contributed by atoms with Gasteiger partial charge in [-0.05, 0) is 48.4 Å². The van der Waals surface area contributed by atoms with Gasteiger partial charge in [-0.1, -0.05) is 6.07 Å². The molecule has 4 N–H and O–H groups in total. The second-order valence-corrected chi connectivity index (χ2v) is 4.86. The summed E-state index contributed by atoms with van der Waals surface area (Å²) in [7, 11) is 0. The third-order valence-corrected chi connectivity index (χ3v) is 3.13. The first-order valence-corrected chi connectivity index (χ1v) is 6.36. The fourth-order valence-electron chi connectivity index (χ4n) is 2.15. The lowest BCUT2D eigenvalue weighted by molar-refractivity contribution is -0.117. The minimum atomic E-state index is -0.521. The maximum absolute atomic E-state index is 12.9. The van der Waals surface area contributed by atoms with Crippen molar-refractivity contribution in [3.8, 4) is 0 Å². The Bertz CT molecular complexity index is 709. The number of aryl methyl sites for hydroxylation is 1. The molecule has 0 saturated heterocycles. The Morgan fingerprint density at radius 3 is 2.33 bits per heavy atom. The van der Waals surface area contributed by atoms with Crippen LogP contribution in [0.25, 0.3) is 0 Å². The van der Waals surface area contributed by atoms with Crippen molar-refractivity contribution in [1.29, 1.82) is 0 Å². The van der Waals surface area contributed by atoms with Crippen molar-refractivity contribution in [3.05, 3.63) is 64.5 Å². The number of rotatable bonds is 4. The molecule has 0 atom stereocenters. The molecule has 0 saturated carbocycles. The number of ketones is 1. The van der Waals surface area contributed by atoms with Crippen molar-refractivity contribution in [2.45, 2.75) is 13.3 Å². The Balaban J connectivity index is 2.47. The summed E-state index contributed by atoms with van der Waals surface area (Å²) in [6, 6.07) is 8.58. The normalized spacial score (nSPS) is 10.4. The van der Waals surface area contributed by atoms with Crippen molar-refractivity contribution < 1.29 is 14.0 Å². The van der Waals surface area contributed by atoms with Gasteiger partial charge < -0.3 is 11.5 Å². The summed E-state index contributed by atoms with van der Waals surface area (Å²) in [4.78, 5) is 23.5. The molecule has 0 fully saturated rings. The topological polar surface area (TPSA) is 86.2 Å². The monoisotopic (exact) mass is 286 g/mol. The van der Waals surface area contributed by atoms with Gasteiger partial charge in [0, 0.05) is 16.8 Å². The summed E-state index contributed by atoms with van der Waals surface area (Å²) >= 11 is 0. The molecule has 2 rings (SSSR count). The predicted octanol–water partition coefficient (Wildman–Crippen LogP) is 1.98. The van der Waals surface area contributed by atoms with E-state index in [0.717, 1.165) is 5.56 Å². The van der Waals surface area contributed by atoms with E-state index in [0.29, 0.717) is 11.1 Å². The SMILES string of the molecule is Cc1cc(CC(N)=O)c(N)c(C(=O)c2ccc(F)cc2)c1. The predicted molar refractivity (Wildman–Crippen MR) is 78.3 cm³/mol. The zero-order valence-corrected chi connectivity index (χ0v) is 11.5. The third-order valence-electron chi connectivity index (χ3n) is 3.13. The number of primary amides is 1. The highest BCUT2D eigenvalue weighted by atomic mass is 19.1. The van der Waals surface area contributed by atoms with Gasteiger partial charge in [0.15, 0.2) is 5.78 Å². The fourth-order valence-corrected chi connectivity index (χ4v) is 2.15. The minimum absolute atomic E-state index is 0.0305. The summed E-state index contributed by atoms with van der Waals surface area (Å²) in [6.45, 7) is 1.80. The molecule has 0 spiro atoms. The Hall–Kier alpha value is -2.69. The number of benzene rings is 2. The lowest BCUT2D eigenvalue weighted by Crippen LogP contribution is -2.16. The van der Waals surface area contributed by atoms with Gasteiger partial charge in [-0.25, -0.2) is 4.39 Å². The number of anilines is 1. The lowest BCUT2D eigenvalue weighted by atomic mass is 9.95. The molecule has 1 amide bonds. The Labute approximate surface area is 121 Å². The number of hydrogen-bond donors (Lipinski definition) is 2. The van der Waals surface area contributed by atoms with Crippen LogP contribution in [0.15, 0.2) is 36.4 Å². The van der Waals surface area contributed by atoms with Gasteiger partial charge in [0.25, 0.3) is 0 Å². The number of amides is 1. The molecule has 21 heavy (non-hydrogen) atoms. The van der Waals surface area contributed by atoms with Crippen LogP contribution in [0.5, 0.6) is 0 Å². The highest BCUT2D eigenvalue weighted by Crippen LogP contribution is 2.23. The summed E-state index contributed by atoms with van der Waals surface area (Å²) in [5.74, 6) is -1.26. The number of carbonyl (C=O) groups excluding carboxylic acids is 2. The zero-order valence-electron chi connectivity index (χ0n) is 11.5. The zero-order chi connectivity index (χ0) is 15.6. The van der Waals surface area contributed by atoms with Crippen LogP contribution >= 0.6 is 0 Å². The van der Waals surface area contributed by atoms with Gasteiger partial charge >= 0.3 is 0 Å². The summed E-state index contributed by atoms with van der Waals surface area (Å²) in [5.41, 5.74) is 13.3. The van der Waals surface area contributed by atoms with E-state index < -0.39 is 11.7 Å². The number of hydrogen-bond acceptors (Lipinski definition) is 3. The second kappa shape index (κ2) is 5.75. The van der Waals surface area contributed by atoms with Gasteiger partial charge in [0.2, 0.25) is 5.91 Å². The average molecular weight is 286 g/mol. The van der Waals surface area contributed by atoms with Crippen molar-refractivity contribution in [3.63, 3.8) is 0 Å². The molecule has 0 bridgehead atoms. The van der Waals surface area contributed by atoms with E-state index in [4.69, 9.17) is 11.5 Å². The maximum atomic E-state index is 12.9. The van der Waals surface area contributed by atoms with E-state index in [-0.39, 0.29) is 23.5 Å². The Morgan fingerprint density at radius 2 is 1.76 bits per heavy atom. The smallest absolute Gasteiger partial charge is 0.221 e. The van der Waals surface area contributed by atoms with Crippen molar-refractivity contribution in [2.75, 3.05) is 5.73 Å². The molecule has 0 aliphatic heterocycles. The Morgan fingerprint density at radius 1 is 1.14 bits per heavy atom. The first kappa shape index (κ1) is 14.7. The summed E-state index contributed by atoms with van der Waals surface area (Å²) in [6.07, 6.45) is -0.0305. The number of carbonyl (C=O) groups is 2. The first-order chi connectivity index (χ1) is 9.88. The largest absolute Gasteiger partial charge is 0.398 e. The summed E-state index contributed by atoms with van der Waals surface area (Å²) in [5, 5.41) is 0. The highest BCUT2D eigenvalue weighted by molar-refractivity contribution is 6.12. The van der Waals surface area contributed by atoms with Crippen LogP contribution in [0.3, 0.4) is 0 Å². The van der Waals surface area contributed by atoms with Crippen molar-refractivity contribution >= 4 is 17.4 Å². The third kappa shape index (κ3) is 3.25. The average Bonchev–Trinajstić information content (AvgIpc) is 2.42. The van der Waals surface area contributed by atoms with Crippen molar-refractivity contribution in [2.24, 2.45) is 5.73 Å².